The molecule has 10 nitrogen and oxygen atoms in total. The van der Waals surface area contributed by atoms with Crippen LogP contribution < -0.4 is 4.89 Å². The van der Waals surface area contributed by atoms with E-state index in [1.807, 2.05) is 57.6 Å². The molecule has 1 N–H and O–H groups in total. The van der Waals surface area contributed by atoms with Crippen molar-refractivity contribution in [2.45, 2.75) is 180 Å². The molecule has 0 aromatic rings. The van der Waals surface area contributed by atoms with E-state index in [0.717, 1.165) is 57.8 Å². The maximum Gasteiger partial charge on any atom is 0.306 e. The van der Waals surface area contributed by atoms with E-state index >= 15 is 0 Å². The van der Waals surface area contributed by atoms with Gasteiger partial charge in [-0.1, -0.05) is 157 Å². The molecule has 0 aliphatic heterocycles. The van der Waals surface area contributed by atoms with Gasteiger partial charge in [0.15, 0.2) is 6.10 Å². The number of quaternary nitrogens is 1. The highest BCUT2D eigenvalue weighted by Crippen LogP contribution is 2.38. The molecular formula is C51H88NO9P. The topological polar surface area (TPSA) is 131 Å². The Morgan fingerprint density at radius 2 is 1.10 bits per heavy atom. The Bertz CT molecular complexity index is 1340. The zero-order chi connectivity index (χ0) is 45.8. The highest BCUT2D eigenvalue weighted by Gasteiger charge is 2.21. The number of carbonyl (C=O) groups is 2. The van der Waals surface area contributed by atoms with Crippen molar-refractivity contribution in [1.29, 1.82) is 0 Å². The number of aliphatic hydroxyl groups is 1. The zero-order valence-corrected chi connectivity index (χ0v) is 40.5. The number of aliphatic hydroxyl groups excluding tert-OH is 1. The van der Waals surface area contributed by atoms with Crippen LogP contribution in [0.1, 0.15) is 168 Å². The van der Waals surface area contributed by atoms with Crippen molar-refractivity contribution in [3.05, 3.63) is 85.1 Å². The summed E-state index contributed by atoms with van der Waals surface area (Å²) in [7, 11) is 1.07. The minimum atomic E-state index is -4.67. The van der Waals surface area contributed by atoms with Gasteiger partial charge in [-0.2, -0.15) is 0 Å². The highest BCUT2D eigenvalue weighted by atomic mass is 31.2. The fraction of sp³-hybridized carbons (Fsp3) is 0.686. The summed E-state index contributed by atoms with van der Waals surface area (Å²) in [6.45, 7) is 3.99. The van der Waals surface area contributed by atoms with Crippen LogP contribution in [0.2, 0.25) is 0 Å². The number of ether oxygens (including phenoxy) is 2. The summed E-state index contributed by atoms with van der Waals surface area (Å²) < 4.78 is 33.8. The third-order valence-corrected chi connectivity index (χ3v) is 10.7. The quantitative estimate of drug-likeness (QED) is 0.0159. The van der Waals surface area contributed by atoms with Crippen LogP contribution in [0, 0.1) is 0 Å². The Morgan fingerprint density at radius 1 is 0.597 bits per heavy atom. The number of hydrogen-bond acceptors (Lipinski definition) is 9. The van der Waals surface area contributed by atoms with Crippen LogP contribution in [0.3, 0.4) is 0 Å². The third-order valence-electron chi connectivity index (χ3n) is 9.72. The summed E-state index contributed by atoms with van der Waals surface area (Å²) in [4.78, 5) is 37.6. The van der Waals surface area contributed by atoms with Crippen LogP contribution in [0.5, 0.6) is 0 Å². The van der Waals surface area contributed by atoms with E-state index in [1.54, 1.807) is 6.08 Å². The number of phosphoric acid groups is 1. The average molecular weight is 890 g/mol. The minimum absolute atomic E-state index is 0.0589. The summed E-state index contributed by atoms with van der Waals surface area (Å²) in [6, 6.07) is 0. The van der Waals surface area contributed by atoms with Gasteiger partial charge in [-0.25, -0.2) is 0 Å². The van der Waals surface area contributed by atoms with E-state index in [4.69, 9.17) is 18.5 Å². The number of carbonyl (C=O) groups excluding carboxylic acids is 2. The number of esters is 2. The first-order valence-corrected chi connectivity index (χ1v) is 25.4. The van der Waals surface area contributed by atoms with Crippen LogP contribution in [0.25, 0.3) is 0 Å². The molecule has 0 aliphatic carbocycles. The first-order chi connectivity index (χ1) is 29.9. The van der Waals surface area contributed by atoms with Crippen molar-refractivity contribution in [3.63, 3.8) is 0 Å². The van der Waals surface area contributed by atoms with E-state index < -0.39 is 38.6 Å². The largest absolute Gasteiger partial charge is 0.756 e. The molecule has 0 radical (unpaired) electrons. The van der Waals surface area contributed by atoms with Crippen LogP contribution in [-0.4, -0.2) is 81.2 Å². The molecule has 0 fully saturated rings. The number of nitrogens with zero attached hydrogens (tertiary/aromatic N) is 1. The standard InChI is InChI=1S/C51H88NO9P/c1-6-8-10-12-14-15-16-17-18-19-20-21-22-23-24-25-26-30-34-38-42-50(54)58-46-49(47-60-62(56,57)59-45-44-52(3,4)5)61-51(55)43-39-35-31-28-27-29-33-37-41-48(53)40-36-32-13-11-9-7-2/h15-16,18-19,21-22,28-29,31-33,36-37,41,48-49,53H,6-14,17,20,23-27,30,34-35,38-40,42-47H2,1-5H3/b16-15-,19-18-,22-21-,31-28-,33-29-,36-32-,41-37+/t48-,49+/m0/s1. The van der Waals surface area contributed by atoms with E-state index in [-0.39, 0.29) is 26.1 Å². The van der Waals surface area contributed by atoms with Gasteiger partial charge in [0, 0.05) is 12.8 Å². The van der Waals surface area contributed by atoms with Crippen molar-refractivity contribution in [1.82, 2.24) is 0 Å². The molecule has 0 amide bonds. The molecule has 0 aromatic carbocycles. The number of likely N-dealkylation sites (N-methyl/N-ethyl adjacent to an activating group) is 1. The predicted molar refractivity (Wildman–Crippen MR) is 255 cm³/mol. The molecule has 0 heterocycles. The van der Waals surface area contributed by atoms with Gasteiger partial charge in [0.05, 0.1) is 33.9 Å². The normalized spacial score (nSPS) is 14.8. The van der Waals surface area contributed by atoms with Gasteiger partial charge in [0.1, 0.15) is 19.8 Å². The van der Waals surface area contributed by atoms with Crippen molar-refractivity contribution >= 4 is 19.8 Å². The van der Waals surface area contributed by atoms with E-state index in [0.29, 0.717) is 43.1 Å². The van der Waals surface area contributed by atoms with Gasteiger partial charge in [-0.05, 0) is 83.5 Å². The Kier molecular flexibility index (Phi) is 40.2. The van der Waals surface area contributed by atoms with Gasteiger partial charge < -0.3 is 33.0 Å². The molecule has 0 saturated heterocycles. The second kappa shape index (κ2) is 42.1. The number of hydrogen-bond donors (Lipinski definition) is 1. The Hall–Kier alpha value is -2.85. The lowest BCUT2D eigenvalue weighted by Crippen LogP contribution is -2.37. The van der Waals surface area contributed by atoms with Gasteiger partial charge >= 0.3 is 11.9 Å². The molecule has 11 heteroatoms. The second-order valence-electron chi connectivity index (χ2n) is 17.0. The van der Waals surface area contributed by atoms with Crippen LogP contribution in [0.15, 0.2) is 85.1 Å². The number of rotatable bonds is 42. The SMILES string of the molecule is CCCCC/C=C\C[C@H](O)/C=C/C=C\C/C=C\CCCC(=O)O[C@H](COC(=O)CCCCCCCC/C=C\C/C=C\C/C=C\CCCCCC)COP(=O)([O-])OCC[N+](C)(C)C. The lowest BCUT2D eigenvalue weighted by Gasteiger charge is -2.28. The van der Waals surface area contributed by atoms with E-state index in [1.165, 1.54) is 51.4 Å². The molecule has 0 saturated carbocycles. The average Bonchev–Trinajstić information content (AvgIpc) is 3.22. The van der Waals surface area contributed by atoms with E-state index in [9.17, 15) is 24.2 Å². The summed E-state index contributed by atoms with van der Waals surface area (Å²) in [5.74, 6) is -0.961. The van der Waals surface area contributed by atoms with Gasteiger partial charge in [-0.3, -0.25) is 14.2 Å². The van der Waals surface area contributed by atoms with Crippen molar-refractivity contribution < 1.29 is 47.2 Å². The maximum absolute atomic E-state index is 12.7. The molecule has 0 aliphatic rings. The smallest absolute Gasteiger partial charge is 0.306 e. The first kappa shape index (κ1) is 59.1. The molecule has 1 unspecified atom stereocenters. The molecule has 0 aromatic heterocycles. The van der Waals surface area contributed by atoms with Crippen molar-refractivity contribution in [2.75, 3.05) is 47.5 Å². The lowest BCUT2D eigenvalue weighted by atomic mass is 10.1. The van der Waals surface area contributed by atoms with Crippen molar-refractivity contribution in [3.8, 4) is 0 Å². The molecule has 0 rings (SSSR count). The lowest BCUT2D eigenvalue weighted by molar-refractivity contribution is -0.870. The number of unbranched alkanes of at least 4 members (excludes halogenated alkanes) is 14. The second-order valence-corrected chi connectivity index (χ2v) is 18.4. The molecule has 3 atom stereocenters. The van der Waals surface area contributed by atoms with Gasteiger partial charge in [-0.15, -0.1) is 0 Å². The fourth-order valence-electron chi connectivity index (χ4n) is 5.91. The van der Waals surface area contributed by atoms with Crippen LogP contribution in [0.4, 0.5) is 0 Å². The monoisotopic (exact) mass is 890 g/mol. The number of phosphoric ester groups is 1. The van der Waals surface area contributed by atoms with Gasteiger partial charge in [0.25, 0.3) is 7.82 Å². The van der Waals surface area contributed by atoms with Crippen LogP contribution >= 0.6 is 7.82 Å². The van der Waals surface area contributed by atoms with Crippen molar-refractivity contribution in [2.24, 2.45) is 0 Å². The Labute approximate surface area is 378 Å². The fourth-order valence-corrected chi connectivity index (χ4v) is 6.64. The maximum atomic E-state index is 12.7. The van der Waals surface area contributed by atoms with Crippen LogP contribution in [-0.2, 0) is 32.7 Å². The van der Waals surface area contributed by atoms with E-state index in [2.05, 4.69) is 56.4 Å². The molecule has 0 bridgehead atoms. The first-order valence-electron chi connectivity index (χ1n) is 23.9. The third kappa shape index (κ3) is 45.2. The Balaban J connectivity index is 4.49. The molecular weight excluding hydrogens is 802 g/mol. The predicted octanol–water partition coefficient (Wildman–Crippen LogP) is 12.3. The zero-order valence-electron chi connectivity index (χ0n) is 39.6. The Morgan fingerprint density at radius 3 is 1.73 bits per heavy atom. The summed E-state index contributed by atoms with van der Waals surface area (Å²) >= 11 is 0. The molecule has 356 valence electrons. The molecule has 0 spiro atoms. The number of allylic oxidation sites excluding steroid dienone is 12. The minimum Gasteiger partial charge on any atom is -0.756 e. The summed E-state index contributed by atoms with van der Waals surface area (Å²) in [5.41, 5.74) is 0. The molecule has 62 heavy (non-hydrogen) atoms. The summed E-state index contributed by atoms with van der Waals surface area (Å²) in [5, 5.41) is 10.1. The highest BCUT2D eigenvalue weighted by molar-refractivity contribution is 7.45. The summed E-state index contributed by atoms with van der Waals surface area (Å²) in [6.07, 6.45) is 50.7. The van der Waals surface area contributed by atoms with Gasteiger partial charge in [0.2, 0.25) is 0 Å².